The van der Waals surface area contributed by atoms with Gasteiger partial charge < -0.3 is 4.74 Å². The van der Waals surface area contributed by atoms with Gasteiger partial charge in [-0.2, -0.15) is 0 Å². The molecule has 1 aromatic carbocycles. The van der Waals surface area contributed by atoms with E-state index in [2.05, 4.69) is 15.9 Å². The molecule has 0 aliphatic rings. The standard InChI is InChI=1S/C11H9BrO4/c1-7(14)6-16-11(15)10-4-9(12)3-2-8(10)5-13/h2-5H,6H2,1H3. The van der Waals surface area contributed by atoms with Crippen molar-refractivity contribution >= 4 is 34.0 Å². The Bertz CT molecular complexity index is 440. The van der Waals surface area contributed by atoms with Gasteiger partial charge in [0.15, 0.2) is 12.1 Å². The van der Waals surface area contributed by atoms with Gasteiger partial charge in [0.2, 0.25) is 0 Å². The number of rotatable bonds is 4. The number of Topliss-reactive ketones (excluding diaryl/α,β-unsaturated/α-hetero) is 1. The Morgan fingerprint density at radius 2 is 2.12 bits per heavy atom. The average Bonchev–Trinajstić information content (AvgIpc) is 2.25. The van der Waals surface area contributed by atoms with Crippen molar-refractivity contribution < 1.29 is 19.1 Å². The van der Waals surface area contributed by atoms with Gasteiger partial charge in [-0.1, -0.05) is 15.9 Å². The highest BCUT2D eigenvalue weighted by atomic mass is 79.9. The fraction of sp³-hybridized carbons (Fsp3) is 0.182. The lowest BCUT2D eigenvalue weighted by atomic mass is 10.1. The highest BCUT2D eigenvalue weighted by Gasteiger charge is 2.13. The zero-order valence-electron chi connectivity index (χ0n) is 8.53. The van der Waals surface area contributed by atoms with Crippen LogP contribution in [0.15, 0.2) is 22.7 Å². The number of hydrogen-bond donors (Lipinski definition) is 0. The van der Waals surface area contributed by atoms with Crippen LogP contribution >= 0.6 is 15.9 Å². The van der Waals surface area contributed by atoms with E-state index in [1.165, 1.54) is 19.1 Å². The van der Waals surface area contributed by atoms with Crippen molar-refractivity contribution in [2.75, 3.05) is 6.61 Å². The first-order chi connectivity index (χ1) is 7.54. The van der Waals surface area contributed by atoms with E-state index < -0.39 is 5.97 Å². The molecule has 0 N–H and O–H groups in total. The number of aldehydes is 1. The number of benzene rings is 1. The van der Waals surface area contributed by atoms with E-state index in [9.17, 15) is 14.4 Å². The third-order valence-electron chi connectivity index (χ3n) is 1.77. The van der Waals surface area contributed by atoms with Gasteiger partial charge in [0.05, 0.1) is 5.56 Å². The van der Waals surface area contributed by atoms with Crippen molar-refractivity contribution in [1.82, 2.24) is 0 Å². The maximum Gasteiger partial charge on any atom is 0.339 e. The molecule has 0 aromatic heterocycles. The first kappa shape index (κ1) is 12.6. The number of ketones is 1. The summed E-state index contributed by atoms with van der Waals surface area (Å²) in [7, 11) is 0. The van der Waals surface area contributed by atoms with E-state index in [0.29, 0.717) is 10.8 Å². The summed E-state index contributed by atoms with van der Waals surface area (Å²) in [6.07, 6.45) is 0.566. The third-order valence-corrected chi connectivity index (χ3v) is 2.26. The predicted octanol–water partition coefficient (Wildman–Crippen LogP) is 2.01. The first-order valence-electron chi connectivity index (χ1n) is 4.46. The van der Waals surface area contributed by atoms with Gasteiger partial charge >= 0.3 is 5.97 Å². The molecule has 84 valence electrons. The molecule has 5 heteroatoms. The quantitative estimate of drug-likeness (QED) is 0.627. The van der Waals surface area contributed by atoms with Crippen molar-refractivity contribution in [3.8, 4) is 0 Å². The van der Waals surface area contributed by atoms with Crippen LogP contribution in [0.2, 0.25) is 0 Å². The zero-order valence-corrected chi connectivity index (χ0v) is 10.1. The van der Waals surface area contributed by atoms with Crippen molar-refractivity contribution in [3.05, 3.63) is 33.8 Å². The van der Waals surface area contributed by atoms with Crippen LogP contribution < -0.4 is 0 Å². The van der Waals surface area contributed by atoms with Gasteiger partial charge in [-0.3, -0.25) is 9.59 Å². The second-order valence-corrected chi connectivity index (χ2v) is 4.04. The van der Waals surface area contributed by atoms with Crippen molar-refractivity contribution in [2.24, 2.45) is 0 Å². The normalized spacial score (nSPS) is 9.62. The summed E-state index contributed by atoms with van der Waals surface area (Å²) in [6.45, 7) is 1.03. The molecule has 0 radical (unpaired) electrons. The number of esters is 1. The van der Waals surface area contributed by atoms with Gasteiger partial charge in [0.25, 0.3) is 0 Å². The zero-order chi connectivity index (χ0) is 12.1. The molecule has 0 spiro atoms. The summed E-state index contributed by atoms with van der Waals surface area (Å²) in [5.74, 6) is -0.936. The van der Waals surface area contributed by atoms with Crippen LogP contribution in [0.3, 0.4) is 0 Å². The molecule has 0 fully saturated rings. The molecule has 0 aliphatic carbocycles. The van der Waals surface area contributed by atoms with Crippen molar-refractivity contribution in [2.45, 2.75) is 6.92 Å². The van der Waals surface area contributed by atoms with Crippen LogP contribution in [0.4, 0.5) is 0 Å². The maximum atomic E-state index is 11.5. The lowest BCUT2D eigenvalue weighted by Crippen LogP contribution is -2.13. The molecule has 0 aliphatic heterocycles. The Kier molecular flexibility index (Phi) is 4.37. The fourth-order valence-corrected chi connectivity index (χ4v) is 1.41. The lowest BCUT2D eigenvalue weighted by Gasteiger charge is -2.05. The minimum atomic E-state index is -0.682. The second kappa shape index (κ2) is 5.55. The Morgan fingerprint density at radius 3 is 2.69 bits per heavy atom. The SMILES string of the molecule is CC(=O)COC(=O)c1cc(Br)ccc1C=O. The molecule has 0 heterocycles. The monoisotopic (exact) mass is 284 g/mol. The molecular formula is C11H9BrO4. The molecule has 1 aromatic rings. The van der Waals surface area contributed by atoms with Crippen LogP contribution in [0, 0.1) is 0 Å². The van der Waals surface area contributed by atoms with E-state index in [-0.39, 0.29) is 23.5 Å². The number of halogens is 1. The summed E-state index contributed by atoms with van der Waals surface area (Å²) >= 11 is 3.18. The van der Waals surface area contributed by atoms with Crippen LogP contribution in [0.5, 0.6) is 0 Å². The molecule has 0 bridgehead atoms. The Balaban J connectivity index is 2.93. The maximum absolute atomic E-state index is 11.5. The van der Waals surface area contributed by atoms with E-state index in [1.807, 2.05) is 0 Å². The van der Waals surface area contributed by atoms with E-state index >= 15 is 0 Å². The van der Waals surface area contributed by atoms with Crippen LogP contribution in [-0.4, -0.2) is 24.6 Å². The molecule has 0 saturated heterocycles. The molecule has 1 rings (SSSR count). The number of carbonyl (C=O) groups is 3. The largest absolute Gasteiger partial charge is 0.454 e. The summed E-state index contributed by atoms with van der Waals surface area (Å²) < 4.78 is 5.38. The third kappa shape index (κ3) is 3.27. The van der Waals surface area contributed by atoms with Gasteiger partial charge in [-0.05, 0) is 25.1 Å². The predicted molar refractivity (Wildman–Crippen MR) is 60.5 cm³/mol. The number of hydrogen-bond acceptors (Lipinski definition) is 4. The van der Waals surface area contributed by atoms with E-state index in [4.69, 9.17) is 4.74 Å². The van der Waals surface area contributed by atoms with Gasteiger partial charge in [0.1, 0.15) is 6.61 Å². The van der Waals surface area contributed by atoms with Crippen LogP contribution in [0.1, 0.15) is 27.6 Å². The molecule has 0 saturated carbocycles. The second-order valence-electron chi connectivity index (χ2n) is 3.13. The van der Waals surface area contributed by atoms with E-state index in [1.54, 1.807) is 6.07 Å². The minimum absolute atomic E-state index is 0.144. The molecule has 4 nitrogen and oxygen atoms in total. The average molecular weight is 285 g/mol. The molecule has 0 atom stereocenters. The van der Waals surface area contributed by atoms with E-state index in [0.717, 1.165) is 0 Å². The smallest absolute Gasteiger partial charge is 0.339 e. The Hall–Kier alpha value is -1.49. The van der Waals surface area contributed by atoms with Crippen LogP contribution in [0.25, 0.3) is 0 Å². The highest BCUT2D eigenvalue weighted by molar-refractivity contribution is 9.10. The first-order valence-corrected chi connectivity index (χ1v) is 5.25. The lowest BCUT2D eigenvalue weighted by molar-refractivity contribution is -0.120. The van der Waals surface area contributed by atoms with Crippen molar-refractivity contribution in [1.29, 1.82) is 0 Å². The topological polar surface area (TPSA) is 60.4 Å². The molecule has 16 heavy (non-hydrogen) atoms. The number of carbonyl (C=O) groups excluding carboxylic acids is 3. The highest BCUT2D eigenvalue weighted by Crippen LogP contribution is 2.16. The molecule has 0 amide bonds. The summed E-state index contributed by atoms with van der Waals surface area (Å²) in [4.78, 5) is 32.9. The summed E-state index contributed by atoms with van der Waals surface area (Å²) in [5.41, 5.74) is 0.377. The Labute approximate surface area is 101 Å². The van der Waals surface area contributed by atoms with Crippen molar-refractivity contribution in [3.63, 3.8) is 0 Å². The minimum Gasteiger partial charge on any atom is -0.454 e. The van der Waals surface area contributed by atoms with Gasteiger partial charge in [0, 0.05) is 10.0 Å². The van der Waals surface area contributed by atoms with Crippen LogP contribution in [-0.2, 0) is 9.53 Å². The summed E-state index contributed by atoms with van der Waals surface area (Å²) in [6, 6.07) is 4.62. The van der Waals surface area contributed by atoms with Gasteiger partial charge in [-0.25, -0.2) is 4.79 Å². The van der Waals surface area contributed by atoms with Gasteiger partial charge in [-0.15, -0.1) is 0 Å². The summed E-state index contributed by atoms with van der Waals surface area (Å²) in [5, 5.41) is 0. The fourth-order valence-electron chi connectivity index (χ4n) is 1.05. The molecule has 0 unspecified atom stereocenters. The molecular weight excluding hydrogens is 276 g/mol. The Morgan fingerprint density at radius 1 is 1.44 bits per heavy atom. The number of ether oxygens (including phenoxy) is 1.